The quantitative estimate of drug-likeness (QED) is 0.676. The van der Waals surface area contributed by atoms with Crippen LogP contribution in [0.25, 0.3) is 0 Å². The van der Waals surface area contributed by atoms with Gasteiger partial charge >= 0.3 is 5.97 Å². The third-order valence-corrected chi connectivity index (χ3v) is 1.74. The fraction of sp³-hybridized carbons (Fsp3) is 0.562. The summed E-state index contributed by atoms with van der Waals surface area (Å²) >= 11 is 0. The minimum absolute atomic E-state index is 0.112. The molecule has 0 heterocycles. The lowest BCUT2D eigenvalue weighted by molar-refractivity contribution is -0.393. The Morgan fingerprint density at radius 1 is 0.950 bits per heavy atom. The third kappa shape index (κ3) is 13.1. The summed E-state index contributed by atoms with van der Waals surface area (Å²) in [5.41, 5.74) is 0.413. The summed E-state index contributed by atoms with van der Waals surface area (Å²) in [4.78, 5) is 20.4. The van der Waals surface area contributed by atoms with Crippen molar-refractivity contribution in [2.75, 3.05) is 0 Å². The lowest BCUT2D eigenvalue weighted by Gasteiger charge is -2.24. The Morgan fingerprint density at radius 2 is 1.35 bits per heavy atom. The summed E-state index contributed by atoms with van der Waals surface area (Å²) < 4.78 is 0. The fourth-order valence-corrected chi connectivity index (χ4v) is 1.02. The molecular weight excluding hydrogens is 256 g/mol. The minimum Gasteiger partial charge on any atom is -0.481 e. The summed E-state index contributed by atoms with van der Waals surface area (Å²) in [6.45, 7) is 11.7. The molecule has 0 fully saturated rings. The monoisotopic (exact) mass is 282 g/mol. The van der Waals surface area contributed by atoms with Gasteiger partial charge < -0.3 is 5.11 Å². The van der Waals surface area contributed by atoms with Crippen molar-refractivity contribution >= 4 is 5.97 Å². The number of carbonyl (C=O) groups is 1. The van der Waals surface area contributed by atoms with Crippen LogP contribution in [0.2, 0.25) is 0 Å². The standard InChI is InChI=1S/C8H8O2.C8H18O2/c9-8(10)6-7-4-2-1-3-5-7;1-7(2,3)9-10-8(4,5)6/h1-5H,6H2,(H,9,10);1-6H3. The predicted molar refractivity (Wildman–Crippen MR) is 79.5 cm³/mol. The van der Waals surface area contributed by atoms with Gasteiger partial charge in [-0.25, -0.2) is 9.78 Å². The molecule has 0 spiro atoms. The molecule has 1 rings (SSSR count). The molecule has 0 bridgehead atoms. The smallest absolute Gasteiger partial charge is 0.307 e. The van der Waals surface area contributed by atoms with E-state index in [1.807, 2.05) is 59.7 Å². The Bertz CT molecular complexity index is 371. The SMILES string of the molecule is CC(C)(C)OOC(C)(C)C.O=C(O)Cc1ccccc1. The van der Waals surface area contributed by atoms with Crippen molar-refractivity contribution in [2.24, 2.45) is 0 Å². The highest BCUT2D eigenvalue weighted by atomic mass is 17.2. The van der Waals surface area contributed by atoms with Crippen LogP contribution in [0.4, 0.5) is 0 Å². The summed E-state index contributed by atoms with van der Waals surface area (Å²) in [7, 11) is 0. The van der Waals surface area contributed by atoms with Crippen LogP contribution in [-0.2, 0) is 21.0 Å². The van der Waals surface area contributed by atoms with Gasteiger partial charge in [-0.3, -0.25) is 4.79 Å². The largest absolute Gasteiger partial charge is 0.481 e. The highest BCUT2D eigenvalue weighted by Crippen LogP contribution is 2.14. The van der Waals surface area contributed by atoms with Gasteiger partial charge in [0.15, 0.2) is 0 Å². The second-order valence-electron chi connectivity index (χ2n) is 6.45. The Hall–Kier alpha value is -1.39. The first-order valence-electron chi connectivity index (χ1n) is 6.62. The fourth-order valence-electron chi connectivity index (χ4n) is 1.02. The van der Waals surface area contributed by atoms with Crippen molar-refractivity contribution < 1.29 is 19.7 Å². The average molecular weight is 282 g/mol. The van der Waals surface area contributed by atoms with Gasteiger partial charge in [0.25, 0.3) is 0 Å². The zero-order chi connectivity index (χ0) is 15.8. The van der Waals surface area contributed by atoms with E-state index in [0.717, 1.165) is 5.56 Å². The van der Waals surface area contributed by atoms with Gasteiger partial charge in [-0.15, -0.1) is 0 Å². The minimum atomic E-state index is -0.786. The summed E-state index contributed by atoms with van der Waals surface area (Å²) in [6.07, 6.45) is 0.112. The number of rotatable bonds is 3. The van der Waals surface area contributed by atoms with E-state index in [1.165, 1.54) is 0 Å². The van der Waals surface area contributed by atoms with E-state index in [0.29, 0.717) is 0 Å². The van der Waals surface area contributed by atoms with E-state index in [9.17, 15) is 4.79 Å². The molecule has 0 radical (unpaired) electrons. The van der Waals surface area contributed by atoms with E-state index in [1.54, 1.807) is 12.1 Å². The molecule has 4 heteroatoms. The van der Waals surface area contributed by atoms with Gasteiger partial charge in [-0.1, -0.05) is 30.3 Å². The first-order chi connectivity index (χ1) is 8.99. The van der Waals surface area contributed by atoms with Gasteiger partial charge in [0.1, 0.15) is 0 Å². The lowest BCUT2D eigenvalue weighted by atomic mass is 10.2. The van der Waals surface area contributed by atoms with Crippen molar-refractivity contribution in [3.8, 4) is 0 Å². The topological polar surface area (TPSA) is 55.8 Å². The van der Waals surface area contributed by atoms with Crippen LogP contribution in [0, 0.1) is 0 Å². The number of carboxylic acid groups (broad SMARTS) is 1. The number of hydrogen-bond donors (Lipinski definition) is 1. The first-order valence-corrected chi connectivity index (χ1v) is 6.62. The molecule has 0 aliphatic heterocycles. The van der Waals surface area contributed by atoms with E-state index in [4.69, 9.17) is 14.9 Å². The van der Waals surface area contributed by atoms with Gasteiger partial charge in [0.2, 0.25) is 0 Å². The molecule has 4 nitrogen and oxygen atoms in total. The average Bonchev–Trinajstić information content (AvgIpc) is 2.26. The number of hydrogen-bond acceptors (Lipinski definition) is 3. The maximum Gasteiger partial charge on any atom is 0.307 e. The zero-order valence-corrected chi connectivity index (χ0v) is 13.3. The zero-order valence-electron chi connectivity index (χ0n) is 13.3. The van der Waals surface area contributed by atoms with Crippen molar-refractivity contribution in [1.29, 1.82) is 0 Å². The number of benzene rings is 1. The molecule has 0 saturated heterocycles. The molecule has 0 aliphatic carbocycles. The van der Waals surface area contributed by atoms with Crippen LogP contribution in [0.3, 0.4) is 0 Å². The van der Waals surface area contributed by atoms with Crippen molar-refractivity contribution in [1.82, 2.24) is 0 Å². The maximum absolute atomic E-state index is 10.2. The first kappa shape index (κ1) is 18.6. The third-order valence-electron chi connectivity index (χ3n) is 1.74. The molecule has 0 amide bonds. The van der Waals surface area contributed by atoms with E-state index >= 15 is 0 Å². The number of carboxylic acids is 1. The molecule has 114 valence electrons. The van der Waals surface area contributed by atoms with Gasteiger partial charge in [-0.2, -0.15) is 0 Å². The Morgan fingerprint density at radius 3 is 1.65 bits per heavy atom. The molecular formula is C16H26O4. The molecule has 0 atom stereocenters. The molecule has 0 aliphatic rings. The Balaban J connectivity index is 0.000000361. The van der Waals surface area contributed by atoms with Crippen LogP contribution in [0.15, 0.2) is 30.3 Å². The van der Waals surface area contributed by atoms with Crippen molar-refractivity contribution in [3.05, 3.63) is 35.9 Å². The number of aliphatic carboxylic acids is 1. The maximum atomic E-state index is 10.2. The summed E-state index contributed by atoms with van der Waals surface area (Å²) in [5.74, 6) is -0.786. The Kier molecular flexibility index (Phi) is 7.46. The molecule has 0 saturated carbocycles. The van der Waals surface area contributed by atoms with Crippen molar-refractivity contribution in [2.45, 2.75) is 59.2 Å². The summed E-state index contributed by atoms with van der Waals surface area (Å²) in [6, 6.07) is 9.13. The normalized spacial score (nSPS) is 11.5. The molecule has 0 unspecified atom stereocenters. The summed E-state index contributed by atoms with van der Waals surface area (Å²) in [5, 5.41) is 8.37. The Labute approximate surface area is 121 Å². The van der Waals surface area contributed by atoms with Crippen LogP contribution in [0.5, 0.6) is 0 Å². The second-order valence-corrected chi connectivity index (χ2v) is 6.45. The predicted octanol–water partition coefficient (Wildman–Crippen LogP) is 3.85. The highest BCUT2D eigenvalue weighted by molar-refractivity contribution is 5.70. The van der Waals surface area contributed by atoms with Crippen LogP contribution >= 0.6 is 0 Å². The molecule has 0 aromatic heterocycles. The molecule has 1 aromatic rings. The lowest BCUT2D eigenvalue weighted by Crippen LogP contribution is -2.27. The van der Waals surface area contributed by atoms with Crippen LogP contribution in [-0.4, -0.2) is 22.3 Å². The van der Waals surface area contributed by atoms with E-state index in [2.05, 4.69) is 0 Å². The van der Waals surface area contributed by atoms with Crippen LogP contribution < -0.4 is 0 Å². The van der Waals surface area contributed by atoms with Crippen molar-refractivity contribution in [3.63, 3.8) is 0 Å². The molecule has 1 N–H and O–H groups in total. The van der Waals surface area contributed by atoms with E-state index < -0.39 is 5.97 Å². The highest BCUT2D eigenvalue weighted by Gasteiger charge is 2.18. The second kappa shape index (κ2) is 8.02. The molecule has 1 aromatic carbocycles. The van der Waals surface area contributed by atoms with Crippen LogP contribution in [0.1, 0.15) is 47.1 Å². The van der Waals surface area contributed by atoms with Gasteiger partial charge in [0.05, 0.1) is 17.6 Å². The van der Waals surface area contributed by atoms with E-state index in [-0.39, 0.29) is 17.6 Å². The molecule has 20 heavy (non-hydrogen) atoms. The van der Waals surface area contributed by atoms with Gasteiger partial charge in [0, 0.05) is 0 Å². The van der Waals surface area contributed by atoms with Gasteiger partial charge in [-0.05, 0) is 47.1 Å².